The third-order valence-electron chi connectivity index (χ3n) is 4.62. The zero-order valence-electron chi connectivity index (χ0n) is 13.7. The number of carbonyl (C=O) groups is 1. The van der Waals surface area contributed by atoms with Crippen LogP contribution in [0.2, 0.25) is 0 Å². The molecular formula is C18H24N2O2S. The summed E-state index contributed by atoms with van der Waals surface area (Å²) in [5, 5.41) is 0. The molecule has 23 heavy (non-hydrogen) atoms. The third kappa shape index (κ3) is 3.69. The summed E-state index contributed by atoms with van der Waals surface area (Å²) in [6.45, 7) is 10.2. The number of carbonyl (C=O) groups excluding carboxylic acids is 1. The first-order valence-electron chi connectivity index (χ1n) is 8.17. The van der Waals surface area contributed by atoms with E-state index in [1.54, 1.807) is 18.9 Å². The van der Waals surface area contributed by atoms with Crippen LogP contribution in [0.25, 0.3) is 0 Å². The number of Topliss-reactive ketones (excluding diaryl/α,β-unsaturated/α-hetero) is 1. The molecule has 0 amide bonds. The van der Waals surface area contributed by atoms with Crippen LogP contribution in [-0.4, -0.2) is 53.5 Å². The Balaban J connectivity index is 1.65. The van der Waals surface area contributed by atoms with Crippen LogP contribution >= 0.6 is 11.9 Å². The minimum Gasteiger partial charge on any atom is -0.358 e. The van der Waals surface area contributed by atoms with Crippen molar-refractivity contribution in [1.82, 2.24) is 9.21 Å². The first-order chi connectivity index (χ1) is 11.1. The van der Waals surface area contributed by atoms with Crippen LogP contribution < -0.4 is 0 Å². The quantitative estimate of drug-likeness (QED) is 0.470. The average molecular weight is 332 g/mol. The molecule has 2 aliphatic rings. The van der Waals surface area contributed by atoms with E-state index in [0.717, 1.165) is 56.1 Å². The maximum Gasteiger partial charge on any atom is 0.159 e. The van der Waals surface area contributed by atoms with E-state index in [0.29, 0.717) is 0 Å². The highest BCUT2D eigenvalue weighted by Crippen LogP contribution is 2.41. The van der Waals surface area contributed by atoms with E-state index in [9.17, 15) is 4.79 Å². The van der Waals surface area contributed by atoms with Crippen molar-refractivity contribution in [1.29, 1.82) is 0 Å². The van der Waals surface area contributed by atoms with E-state index >= 15 is 0 Å². The van der Waals surface area contributed by atoms with Crippen molar-refractivity contribution in [2.75, 3.05) is 32.8 Å². The Hall–Kier alpha value is -1.14. The minimum atomic E-state index is -0.137. The minimum absolute atomic E-state index is 0.108. The van der Waals surface area contributed by atoms with Gasteiger partial charge in [0.1, 0.15) is 5.72 Å². The van der Waals surface area contributed by atoms with Gasteiger partial charge in [-0.05, 0) is 31.0 Å². The molecule has 0 aliphatic carbocycles. The van der Waals surface area contributed by atoms with Gasteiger partial charge in [-0.2, -0.15) is 0 Å². The normalized spacial score (nSPS) is 21.6. The Morgan fingerprint density at radius 1 is 1.30 bits per heavy atom. The molecule has 124 valence electrons. The molecule has 1 spiro atoms. The molecule has 0 saturated carbocycles. The van der Waals surface area contributed by atoms with Crippen LogP contribution in [0.5, 0.6) is 0 Å². The second-order valence-electron chi connectivity index (χ2n) is 6.16. The number of piperidine rings is 1. The Kier molecular flexibility index (Phi) is 5.21. The standard InChI is InChI=1S/C18H24N2O2S/c1-3-10-19-11-8-18(9-12-19)20(13-14-22-18)23-17-6-4-16(5-7-17)15(2)21/h3-7H,1,8-14H2,2H3. The Bertz CT molecular complexity index is 565. The summed E-state index contributed by atoms with van der Waals surface area (Å²) < 4.78 is 8.54. The van der Waals surface area contributed by atoms with Gasteiger partial charge < -0.3 is 4.74 Å². The topological polar surface area (TPSA) is 32.8 Å². The number of ketones is 1. The lowest BCUT2D eigenvalue weighted by Gasteiger charge is -2.42. The van der Waals surface area contributed by atoms with E-state index in [4.69, 9.17) is 4.74 Å². The maximum absolute atomic E-state index is 11.4. The van der Waals surface area contributed by atoms with Gasteiger partial charge in [0, 0.05) is 49.5 Å². The smallest absolute Gasteiger partial charge is 0.159 e. The van der Waals surface area contributed by atoms with Gasteiger partial charge in [-0.15, -0.1) is 6.58 Å². The van der Waals surface area contributed by atoms with Crippen LogP contribution in [0.4, 0.5) is 0 Å². The molecule has 0 radical (unpaired) electrons. The average Bonchev–Trinajstić information content (AvgIpc) is 2.93. The van der Waals surface area contributed by atoms with Crippen LogP contribution in [0.1, 0.15) is 30.1 Å². The summed E-state index contributed by atoms with van der Waals surface area (Å²) in [5.74, 6) is 0.108. The summed E-state index contributed by atoms with van der Waals surface area (Å²) in [6, 6.07) is 7.86. The van der Waals surface area contributed by atoms with Crippen molar-refractivity contribution in [3.63, 3.8) is 0 Å². The molecule has 2 aliphatic heterocycles. The molecule has 0 N–H and O–H groups in total. The van der Waals surface area contributed by atoms with Crippen molar-refractivity contribution >= 4 is 17.7 Å². The van der Waals surface area contributed by atoms with Gasteiger partial charge in [0.15, 0.2) is 5.78 Å². The van der Waals surface area contributed by atoms with Gasteiger partial charge in [-0.25, -0.2) is 4.31 Å². The predicted octanol–water partition coefficient (Wildman–Crippen LogP) is 3.21. The molecule has 1 aromatic carbocycles. The lowest BCUT2D eigenvalue weighted by Crippen LogP contribution is -2.50. The maximum atomic E-state index is 11.4. The molecule has 2 heterocycles. The number of ether oxygens (including phenoxy) is 1. The molecule has 0 atom stereocenters. The lowest BCUT2D eigenvalue weighted by atomic mass is 10.0. The first-order valence-corrected chi connectivity index (χ1v) is 8.94. The summed E-state index contributed by atoms with van der Waals surface area (Å²) in [4.78, 5) is 15.0. The van der Waals surface area contributed by atoms with Gasteiger partial charge in [-0.3, -0.25) is 9.69 Å². The summed E-state index contributed by atoms with van der Waals surface area (Å²) in [7, 11) is 0. The number of hydrogen-bond donors (Lipinski definition) is 0. The van der Waals surface area contributed by atoms with Gasteiger partial charge in [-0.1, -0.05) is 18.2 Å². The number of rotatable bonds is 5. The molecule has 1 aromatic rings. The largest absolute Gasteiger partial charge is 0.358 e. The van der Waals surface area contributed by atoms with Crippen molar-refractivity contribution < 1.29 is 9.53 Å². The molecular weight excluding hydrogens is 308 g/mol. The molecule has 0 unspecified atom stereocenters. The zero-order valence-corrected chi connectivity index (χ0v) is 14.5. The summed E-state index contributed by atoms with van der Waals surface area (Å²) in [5.41, 5.74) is 0.626. The highest BCUT2D eigenvalue weighted by atomic mass is 32.2. The van der Waals surface area contributed by atoms with Crippen LogP contribution in [-0.2, 0) is 4.74 Å². The predicted molar refractivity (Wildman–Crippen MR) is 93.6 cm³/mol. The van der Waals surface area contributed by atoms with E-state index in [-0.39, 0.29) is 11.5 Å². The Morgan fingerprint density at radius 2 is 2.00 bits per heavy atom. The van der Waals surface area contributed by atoms with Crippen LogP contribution in [0, 0.1) is 0 Å². The third-order valence-corrected chi connectivity index (χ3v) is 5.84. The van der Waals surface area contributed by atoms with E-state index in [1.807, 2.05) is 30.3 Å². The fraction of sp³-hybridized carbons (Fsp3) is 0.500. The molecule has 2 fully saturated rings. The SMILES string of the molecule is C=CCN1CCC2(CC1)OCCN2Sc1ccc(C(C)=O)cc1. The van der Waals surface area contributed by atoms with E-state index < -0.39 is 0 Å². The number of benzene rings is 1. The van der Waals surface area contributed by atoms with Gasteiger partial charge in [0.2, 0.25) is 0 Å². The first kappa shape index (κ1) is 16.7. The molecule has 5 heteroatoms. The van der Waals surface area contributed by atoms with E-state index in [2.05, 4.69) is 15.8 Å². The van der Waals surface area contributed by atoms with Crippen molar-refractivity contribution in [2.24, 2.45) is 0 Å². The molecule has 4 nitrogen and oxygen atoms in total. The van der Waals surface area contributed by atoms with Gasteiger partial charge >= 0.3 is 0 Å². The van der Waals surface area contributed by atoms with E-state index in [1.165, 1.54) is 0 Å². The number of likely N-dealkylation sites (tertiary alicyclic amines) is 1. The second kappa shape index (κ2) is 7.18. The Labute approximate surface area is 142 Å². The van der Waals surface area contributed by atoms with Crippen molar-refractivity contribution in [3.05, 3.63) is 42.5 Å². The van der Waals surface area contributed by atoms with Crippen LogP contribution in [0.15, 0.2) is 41.8 Å². The number of nitrogens with zero attached hydrogens (tertiary/aromatic N) is 2. The lowest BCUT2D eigenvalue weighted by molar-refractivity contribution is -0.0862. The molecule has 2 saturated heterocycles. The van der Waals surface area contributed by atoms with Crippen molar-refractivity contribution in [2.45, 2.75) is 30.4 Å². The Morgan fingerprint density at radius 3 is 2.61 bits per heavy atom. The molecule has 3 rings (SSSR count). The van der Waals surface area contributed by atoms with Gasteiger partial charge in [0.25, 0.3) is 0 Å². The number of hydrogen-bond acceptors (Lipinski definition) is 5. The summed E-state index contributed by atoms with van der Waals surface area (Å²) >= 11 is 1.75. The molecule has 0 bridgehead atoms. The van der Waals surface area contributed by atoms with Crippen LogP contribution in [0.3, 0.4) is 0 Å². The van der Waals surface area contributed by atoms with Crippen molar-refractivity contribution in [3.8, 4) is 0 Å². The fourth-order valence-corrected chi connectivity index (χ4v) is 4.34. The monoisotopic (exact) mass is 332 g/mol. The fourth-order valence-electron chi connectivity index (χ4n) is 3.26. The highest BCUT2D eigenvalue weighted by molar-refractivity contribution is 7.97. The molecule has 0 aromatic heterocycles. The zero-order chi connectivity index (χ0) is 16.3. The summed E-state index contributed by atoms with van der Waals surface area (Å²) in [6.07, 6.45) is 4.02. The van der Waals surface area contributed by atoms with Gasteiger partial charge in [0.05, 0.1) is 6.61 Å². The second-order valence-corrected chi connectivity index (χ2v) is 7.25. The highest BCUT2D eigenvalue weighted by Gasteiger charge is 2.45.